The van der Waals surface area contributed by atoms with Crippen LogP contribution in [0, 0.1) is 0 Å². The maximum absolute atomic E-state index is 11.6. The third-order valence-corrected chi connectivity index (χ3v) is 0.625. The Morgan fingerprint density at radius 3 is 2.00 bits per heavy atom. The van der Waals surface area contributed by atoms with Crippen molar-refractivity contribution in [1.82, 2.24) is 0 Å². The van der Waals surface area contributed by atoms with Gasteiger partial charge in [0.25, 0.3) is 0 Å². The first kappa shape index (κ1) is 8.97. The summed E-state index contributed by atoms with van der Waals surface area (Å²) in [6, 6.07) is 0. The maximum Gasteiger partial charge on any atom is 0.525 e. The molecule has 6 heteroatoms. The Bertz CT molecular complexity index is 82.4. The smallest absolute Gasteiger partial charge is 0.256 e. The Morgan fingerprint density at radius 1 is 1.44 bits per heavy atom. The second-order valence-electron chi connectivity index (χ2n) is 1.13. The summed E-state index contributed by atoms with van der Waals surface area (Å²) in [6.07, 6.45) is -7.40. The van der Waals surface area contributed by atoms with Crippen molar-refractivity contribution < 1.29 is 22.3 Å². The molecule has 0 aromatic rings. The summed E-state index contributed by atoms with van der Waals surface area (Å²) in [5.74, 6) is -0.820. The average molecular weight is 167 g/mol. The van der Waals surface area contributed by atoms with Crippen LogP contribution < -0.4 is 0 Å². The molecule has 0 amide bonds. The summed E-state index contributed by atoms with van der Waals surface area (Å²) in [7, 11) is 0. The molecule has 0 bridgehead atoms. The summed E-state index contributed by atoms with van der Waals surface area (Å²) in [5, 5.41) is 0. The summed E-state index contributed by atoms with van der Waals surface area (Å²) < 4.78 is 47.3. The van der Waals surface area contributed by atoms with Crippen molar-refractivity contribution in [3.05, 3.63) is 0 Å². The van der Waals surface area contributed by atoms with Gasteiger partial charge in [-0.1, -0.05) is 0 Å². The molecule has 9 heavy (non-hydrogen) atoms. The number of ether oxygens (including phenoxy) is 1. The second-order valence-corrected chi connectivity index (χ2v) is 1.44. The van der Waals surface area contributed by atoms with Gasteiger partial charge in [0, 0.05) is 0 Å². The van der Waals surface area contributed by atoms with Gasteiger partial charge in [0.1, 0.15) is 0 Å². The molecule has 0 fully saturated rings. The lowest BCUT2D eigenvalue weighted by Crippen LogP contribution is -2.21. The van der Waals surface area contributed by atoms with Crippen LogP contribution >= 0.6 is 11.6 Å². The third-order valence-electron chi connectivity index (χ3n) is 0.383. The van der Waals surface area contributed by atoms with Crippen molar-refractivity contribution in [1.29, 1.82) is 0 Å². The van der Waals surface area contributed by atoms with E-state index in [4.69, 9.17) is 0 Å². The van der Waals surface area contributed by atoms with Gasteiger partial charge < -0.3 is 0 Å². The van der Waals surface area contributed by atoms with E-state index < -0.39 is 18.6 Å². The Kier molecular flexibility index (Phi) is 3.21. The van der Waals surface area contributed by atoms with Crippen LogP contribution in [-0.4, -0.2) is 18.6 Å². The van der Waals surface area contributed by atoms with Gasteiger partial charge in [-0.05, 0) is 0 Å². The largest absolute Gasteiger partial charge is 0.525 e. The normalized spacial score (nSPS) is 15.7. The van der Waals surface area contributed by atoms with Gasteiger partial charge in [-0.25, -0.2) is 4.39 Å². The Hall–Kier alpha value is -0.0300. The van der Waals surface area contributed by atoms with Crippen molar-refractivity contribution >= 4 is 11.6 Å². The monoisotopic (exact) mass is 166 g/mol. The molecule has 0 saturated heterocycles. The van der Waals surface area contributed by atoms with Gasteiger partial charge in [-0.15, -0.1) is 24.8 Å². The molecule has 0 aromatic carbocycles. The van der Waals surface area contributed by atoms with Crippen molar-refractivity contribution in [3.63, 3.8) is 0 Å². The molecule has 1 atom stereocenters. The van der Waals surface area contributed by atoms with Crippen molar-refractivity contribution in [2.24, 2.45) is 0 Å². The fourth-order valence-corrected chi connectivity index (χ4v) is 0.239. The van der Waals surface area contributed by atoms with Gasteiger partial charge in [-0.2, -0.15) is 0 Å². The van der Waals surface area contributed by atoms with Gasteiger partial charge >= 0.3 is 6.36 Å². The molecule has 0 aromatic heterocycles. The summed E-state index contributed by atoms with van der Waals surface area (Å²) in [5.41, 5.74) is 0. The topological polar surface area (TPSA) is 9.23 Å². The minimum absolute atomic E-state index is 0.820. The zero-order chi connectivity index (χ0) is 7.49. The highest BCUT2D eigenvalue weighted by atomic mass is 35.5. The molecule has 1 nitrogen and oxygen atoms in total. The fraction of sp³-hybridized carbons (Fsp3) is 1.00. The zero-order valence-electron chi connectivity index (χ0n) is 4.08. The highest BCUT2D eigenvalue weighted by Gasteiger charge is 2.33. The molecule has 1 unspecified atom stereocenters. The molecule has 0 spiro atoms. The Balaban J connectivity index is 3.47. The Labute approximate surface area is 53.5 Å². The molecule has 0 radical (unpaired) electrons. The molecular weight excluding hydrogens is 163 g/mol. The van der Waals surface area contributed by atoms with Crippen LogP contribution in [0.2, 0.25) is 0 Å². The summed E-state index contributed by atoms with van der Waals surface area (Å²) >= 11 is 4.66. The van der Waals surface area contributed by atoms with Crippen molar-refractivity contribution in [2.45, 2.75) is 12.7 Å². The van der Waals surface area contributed by atoms with Crippen LogP contribution in [0.5, 0.6) is 0 Å². The molecule has 0 aliphatic heterocycles. The zero-order valence-corrected chi connectivity index (χ0v) is 4.84. The first-order chi connectivity index (χ1) is 3.95. The predicted octanol–water partition coefficient (Wildman–Crippen LogP) is 2.06. The minimum atomic E-state index is -4.94. The van der Waals surface area contributed by atoms with Gasteiger partial charge in [0.15, 0.2) is 0 Å². The second kappa shape index (κ2) is 3.22. The van der Waals surface area contributed by atoms with E-state index in [9.17, 15) is 17.6 Å². The molecule has 0 saturated carbocycles. The van der Waals surface area contributed by atoms with Crippen LogP contribution in [0.4, 0.5) is 17.6 Å². The van der Waals surface area contributed by atoms with Crippen molar-refractivity contribution in [3.8, 4) is 0 Å². The summed E-state index contributed by atoms with van der Waals surface area (Å²) in [4.78, 5) is 0. The lowest BCUT2D eigenvalue weighted by Gasteiger charge is -2.08. The third kappa shape index (κ3) is 5.85. The van der Waals surface area contributed by atoms with E-state index in [2.05, 4.69) is 16.3 Å². The van der Waals surface area contributed by atoms with Gasteiger partial charge in [-0.3, -0.25) is 4.74 Å². The summed E-state index contributed by atoms with van der Waals surface area (Å²) in [6.45, 7) is 0. The van der Waals surface area contributed by atoms with Crippen molar-refractivity contribution in [2.75, 3.05) is 5.88 Å². The van der Waals surface area contributed by atoms with Crippen LogP contribution in [0.25, 0.3) is 0 Å². The standard InChI is InChI=1S/C3H3ClF4O/c4-1-2(5)9-3(6,7)8/h2H,1H2. The van der Waals surface area contributed by atoms with E-state index in [-0.39, 0.29) is 0 Å². The van der Waals surface area contributed by atoms with Gasteiger partial charge in [0.2, 0.25) is 6.36 Å². The molecule has 0 aliphatic carbocycles. The van der Waals surface area contributed by atoms with E-state index in [1.807, 2.05) is 0 Å². The minimum Gasteiger partial charge on any atom is -0.256 e. The van der Waals surface area contributed by atoms with E-state index in [1.165, 1.54) is 0 Å². The van der Waals surface area contributed by atoms with Crippen LogP contribution in [0.1, 0.15) is 0 Å². The lowest BCUT2D eigenvalue weighted by molar-refractivity contribution is -0.356. The Morgan fingerprint density at radius 2 is 1.89 bits per heavy atom. The number of alkyl halides is 5. The van der Waals surface area contributed by atoms with E-state index in [0.29, 0.717) is 0 Å². The molecule has 0 heterocycles. The van der Waals surface area contributed by atoms with E-state index in [1.54, 1.807) is 0 Å². The lowest BCUT2D eigenvalue weighted by atomic mass is 10.8. The van der Waals surface area contributed by atoms with Crippen LogP contribution in [-0.2, 0) is 4.74 Å². The maximum atomic E-state index is 11.6. The van der Waals surface area contributed by atoms with Crippen LogP contribution in [0.15, 0.2) is 0 Å². The van der Waals surface area contributed by atoms with Gasteiger partial charge in [0.05, 0.1) is 5.88 Å². The predicted molar refractivity (Wildman–Crippen MR) is 22.8 cm³/mol. The van der Waals surface area contributed by atoms with E-state index >= 15 is 0 Å². The SMILES string of the molecule is FC(CCl)OC(F)(F)F. The highest BCUT2D eigenvalue weighted by Crippen LogP contribution is 2.19. The number of rotatable bonds is 2. The average Bonchev–Trinajstić information content (AvgIpc) is 1.62. The first-order valence-corrected chi connectivity index (χ1v) is 2.44. The quantitative estimate of drug-likeness (QED) is 0.451. The molecular formula is C3H3ClF4O. The fourth-order valence-electron chi connectivity index (χ4n) is 0.176. The number of hydrogen-bond acceptors (Lipinski definition) is 1. The number of hydrogen-bond donors (Lipinski definition) is 0. The highest BCUT2D eigenvalue weighted by molar-refractivity contribution is 6.18. The molecule has 56 valence electrons. The molecule has 0 aliphatic rings. The first-order valence-electron chi connectivity index (χ1n) is 1.90. The van der Waals surface area contributed by atoms with E-state index in [0.717, 1.165) is 0 Å². The number of halogens is 5. The van der Waals surface area contributed by atoms with Crippen LogP contribution in [0.3, 0.4) is 0 Å². The molecule has 0 N–H and O–H groups in total. The molecule has 0 rings (SSSR count).